The summed E-state index contributed by atoms with van der Waals surface area (Å²) in [5.74, 6) is 0.446. The van der Waals surface area contributed by atoms with Crippen LogP contribution >= 0.6 is 12.2 Å². The first-order chi connectivity index (χ1) is 10.6. The van der Waals surface area contributed by atoms with Crippen LogP contribution in [0.5, 0.6) is 0 Å². The largest absolute Gasteiger partial charge is 0.467 e. The zero-order valence-electron chi connectivity index (χ0n) is 12.5. The van der Waals surface area contributed by atoms with Crippen molar-refractivity contribution in [3.63, 3.8) is 0 Å². The molecule has 0 aliphatic carbocycles. The van der Waals surface area contributed by atoms with Crippen LogP contribution < -0.4 is 10.6 Å². The molecule has 116 valence electrons. The Labute approximate surface area is 134 Å². The minimum atomic E-state index is -0.347. The molecule has 0 unspecified atom stereocenters. The van der Waals surface area contributed by atoms with E-state index >= 15 is 0 Å². The summed E-state index contributed by atoms with van der Waals surface area (Å²) in [6.45, 7) is 4.55. The van der Waals surface area contributed by atoms with Crippen molar-refractivity contribution < 1.29 is 13.9 Å². The minimum Gasteiger partial charge on any atom is -0.467 e. The highest BCUT2D eigenvalue weighted by Gasteiger charge is 2.09. The third-order valence-electron chi connectivity index (χ3n) is 3.00. The van der Waals surface area contributed by atoms with Gasteiger partial charge in [0, 0.05) is 5.69 Å². The van der Waals surface area contributed by atoms with E-state index in [0.29, 0.717) is 23.8 Å². The fourth-order valence-electron chi connectivity index (χ4n) is 1.85. The molecule has 1 aromatic heterocycles. The van der Waals surface area contributed by atoms with E-state index in [9.17, 15) is 4.79 Å². The van der Waals surface area contributed by atoms with Gasteiger partial charge in [-0.15, -0.1) is 0 Å². The van der Waals surface area contributed by atoms with Gasteiger partial charge in [-0.1, -0.05) is 6.07 Å². The average Bonchev–Trinajstić information content (AvgIpc) is 3.01. The van der Waals surface area contributed by atoms with E-state index in [1.54, 1.807) is 25.3 Å². The topological polar surface area (TPSA) is 63.5 Å². The predicted octanol–water partition coefficient (Wildman–Crippen LogP) is 3.25. The second-order valence-corrected chi connectivity index (χ2v) is 5.05. The van der Waals surface area contributed by atoms with Gasteiger partial charge in [0.15, 0.2) is 5.11 Å². The van der Waals surface area contributed by atoms with E-state index < -0.39 is 0 Å². The first kappa shape index (κ1) is 16.0. The minimum absolute atomic E-state index is 0.346. The van der Waals surface area contributed by atoms with Gasteiger partial charge in [0.2, 0.25) is 0 Å². The molecule has 2 N–H and O–H groups in total. The predicted molar refractivity (Wildman–Crippen MR) is 88.9 cm³/mol. The molecule has 2 rings (SSSR count). The number of carbonyl (C=O) groups excluding carboxylic acids is 1. The van der Waals surface area contributed by atoms with Crippen molar-refractivity contribution in [2.45, 2.75) is 20.4 Å². The summed E-state index contributed by atoms with van der Waals surface area (Å²) in [5.41, 5.74) is 2.24. The summed E-state index contributed by atoms with van der Waals surface area (Å²) >= 11 is 5.25. The van der Waals surface area contributed by atoms with Gasteiger partial charge < -0.3 is 19.8 Å². The van der Waals surface area contributed by atoms with Gasteiger partial charge in [-0.05, 0) is 55.9 Å². The van der Waals surface area contributed by atoms with E-state index in [4.69, 9.17) is 21.4 Å². The molecule has 0 aliphatic rings. The van der Waals surface area contributed by atoms with Crippen LogP contribution in [-0.4, -0.2) is 17.7 Å². The van der Waals surface area contributed by atoms with Crippen LogP contribution in [0.2, 0.25) is 0 Å². The van der Waals surface area contributed by atoms with Crippen molar-refractivity contribution in [3.05, 3.63) is 53.5 Å². The highest BCUT2D eigenvalue weighted by Crippen LogP contribution is 2.17. The number of rotatable bonds is 5. The lowest BCUT2D eigenvalue weighted by Gasteiger charge is -2.13. The number of carbonyl (C=O) groups is 1. The molecule has 0 amide bonds. The second kappa shape index (κ2) is 7.61. The fourth-order valence-corrected chi connectivity index (χ4v) is 2.03. The highest BCUT2D eigenvalue weighted by atomic mass is 32.1. The van der Waals surface area contributed by atoms with Crippen LogP contribution in [0.25, 0.3) is 0 Å². The number of esters is 1. The zero-order valence-corrected chi connectivity index (χ0v) is 13.3. The number of nitrogens with one attached hydrogen (secondary N) is 2. The summed E-state index contributed by atoms with van der Waals surface area (Å²) in [6.07, 6.45) is 1.61. The summed E-state index contributed by atoms with van der Waals surface area (Å²) in [5, 5.41) is 6.58. The van der Waals surface area contributed by atoms with Crippen molar-refractivity contribution in [2.24, 2.45) is 0 Å². The summed E-state index contributed by atoms with van der Waals surface area (Å²) in [6, 6.07) is 9.00. The Kier molecular flexibility index (Phi) is 5.55. The number of furan rings is 1. The fraction of sp³-hybridized carbons (Fsp3) is 0.250. The molecule has 0 bridgehead atoms. The van der Waals surface area contributed by atoms with E-state index in [1.165, 1.54) is 0 Å². The Morgan fingerprint density at radius 3 is 2.86 bits per heavy atom. The second-order valence-electron chi connectivity index (χ2n) is 4.64. The van der Waals surface area contributed by atoms with Crippen molar-refractivity contribution in [3.8, 4) is 0 Å². The van der Waals surface area contributed by atoms with Crippen LogP contribution in [0.1, 0.15) is 28.6 Å². The maximum Gasteiger partial charge on any atom is 0.338 e. The van der Waals surface area contributed by atoms with Crippen molar-refractivity contribution in [1.82, 2.24) is 5.32 Å². The third-order valence-corrected chi connectivity index (χ3v) is 3.25. The molecule has 5 nitrogen and oxygen atoms in total. The van der Waals surface area contributed by atoms with E-state index in [1.807, 2.05) is 25.1 Å². The summed E-state index contributed by atoms with van der Waals surface area (Å²) < 4.78 is 10.2. The van der Waals surface area contributed by atoms with Gasteiger partial charge in [-0.25, -0.2) is 4.79 Å². The number of benzene rings is 1. The lowest BCUT2D eigenvalue weighted by atomic mass is 10.1. The normalized spacial score (nSPS) is 10.1. The molecule has 0 radical (unpaired) electrons. The standard InChI is InChI=1S/C16H18N2O3S/c1-3-20-15(19)12-7-6-11(2)14(9-12)18-16(22)17-10-13-5-4-8-21-13/h4-9H,3,10H2,1-2H3,(H2,17,18,22). The molecule has 0 aliphatic heterocycles. The molecule has 6 heteroatoms. The van der Waals surface area contributed by atoms with E-state index in [0.717, 1.165) is 17.0 Å². The lowest BCUT2D eigenvalue weighted by Crippen LogP contribution is -2.28. The molecule has 0 saturated heterocycles. The van der Waals surface area contributed by atoms with Gasteiger partial charge in [-0.3, -0.25) is 0 Å². The van der Waals surface area contributed by atoms with Crippen LogP contribution in [-0.2, 0) is 11.3 Å². The first-order valence-corrected chi connectivity index (χ1v) is 7.36. The first-order valence-electron chi connectivity index (χ1n) is 6.95. The van der Waals surface area contributed by atoms with Gasteiger partial charge in [0.1, 0.15) is 5.76 Å². The Morgan fingerprint density at radius 1 is 1.36 bits per heavy atom. The van der Waals surface area contributed by atoms with E-state index in [2.05, 4.69) is 10.6 Å². The molecule has 1 heterocycles. The van der Waals surface area contributed by atoms with Crippen LogP contribution in [0.3, 0.4) is 0 Å². The van der Waals surface area contributed by atoms with Crippen LogP contribution in [0, 0.1) is 6.92 Å². The number of anilines is 1. The smallest absolute Gasteiger partial charge is 0.338 e. The van der Waals surface area contributed by atoms with Crippen LogP contribution in [0.15, 0.2) is 41.0 Å². The van der Waals surface area contributed by atoms with Crippen molar-refractivity contribution in [1.29, 1.82) is 0 Å². The van der Waals surface area contributed by atoms with Gasteiger partial charge >= 0.3 is 5.97 Å². The lowest BCUT2D eigenvalue weighted by molar-refractivity contribution is 0.0526. The molecule has 0 atom stereocenters. The van der Waals surface area contributed by atoms with Crippen molar-refractivity contribution in [2.75, 3.05) is 11.9 Å². The average molecular weight is 318 g/mol. The Bertz CT molecular complexity index is 653. The van der Waals surface area contributed by atoms with Gasteiger partial charge in [0.05, 0.1) is 25.0 Å². The molecule has 0 spiro atoms. The maximum absolute atomic E-state index is 11.8. The monoisotopic (exact) mass is 318 g/mol. The molecule has 22 heavy (non-hydrogen) atoms. The summed E-state index contributed by atoms with van der Waals surface area (Å²) in [4.78, 5) is 11.8. The molecule has 1 aromatic carbocycles. The Balaban J connectivity index is 2.00. The molecule has 0 saturated carbocycles. The quantitative estimate of drug-likeness (QED) is 0.652. The number of thiocarbonyl (C=S) groups is 1. The van der Waals surface area contributed by atoms with E-state index in [-0.39, 0.29) is 5.97 Å². The molecular weight excluding hydrogens is 300 g/mol. The van der Waals surface area contributed by atoms with Gasteiger partial charge in [-0.2, -0.15) is 0 Å². The maximum atomic E-state index is 11.8. The highest BCUT2D eigenvalue weighted by molar-refractivity contribution is 7.80. The number of aryl methyl sites for hydroxylation is 1. The zero-order chi connectivity index (χ0) is 15.9. The Morgan fingerprint density at radius 2 is 2.18 bits per heavy atom. The van der Waals surface area contributed by atoms with Gasteiger partial charge in [0.25, 0.3) is 0 Å². The molecular formula is C16H18N2O3S. The van der Waals surface area contributed by atoms with Crippen molar-refractivity contribution >= 4 is 29.0 Å². The molecule has 2 aromatic rings. The Hall–Kier alpha value is -2.34. The number of hydrogen-bond acceptors (Lipinski definition) is 4. The SMILES string of the molecule is CCOC(=O)c1ccc(C)c(NC(=S)NCc2ccco2)c1. The number of hydrogen-bond donors (Lipinski definition) is 2. The third kappa shape index (κ3) is 4.33. The number of ether oxygens (including phenoxy) is 1. The van der Waals surface area contributed by atoms with Crippen LogP contribution in [0.4, 0.5) is 5.69 Å². The molecule has 0 fully saturated rings. The summed E-state index contributed by atoms with van der Waals surface area (Å²) in [7, 11) is 0.